The second kappa shape index (κ2) is 15.6. The molecule has 1 aromatic heterocycles. The molecule has 0 saturated carbocycles. The summed E-state index contributed by atoms with van der Waals surface area (Å²) < 4.78 is 59.7. The van der Waals surface area contributed by atoms with Crippen LogP contribution in [0.25, 0.3) is 5.69 Å². The van der Waals surface area contributed by atoms with Crippen LogP contribution in [0.4, 0.5) is 18.0 Å². The summed E-state index contributed by atoms with van der Waals surface area (Å²) in [4.78, 5) is 20.0. The third kappa shape index (κ3) is 7.69. The van der Waals surface area contributed by atoms with E-state index >= 15 is 0 Å². The molecule has 5 aromatic rings. The lowest BCUT2D eigenvalue weighted by Gasteiger charge is -2.53. The second-order valence-electron chi connectivity index (χ2n) is 13.1. The molecule has 0 bridgehead atoms. The Labute approximate surface area is 305 Å². The zero-order valence-corrected chi connectivity index (χ0v) is 29.4. The number of amides is 1. The lowest BCUT2D eigenvalue weighted by molar-refractivity contribution is -0.146. The molecule has 3 heterocycles. The molecule has 14 heteroatoms. The highest BCUT2D eigenvalue weighted by molar-refractivity contribution is 5.68. The standard InChI is InChI=1S/C39H40F3N7O4/c1-51-34-19-18-32(49-37(39(40,41)42)43-44-45-49)36(52-2)31(34)24-46-22-30-23-47(38(50)53-26-27-12-6-3-7-13-27)20-21-48(30)33(25-46)35(28-14-8-4-9-15-28)29-16-10-5-11-17-29/h3-19,30,33,35H,20-26H2,1-2H3/t30-,33+/m1/s1. The van der Waals surface area contributed by atoms with Gasteiger partial charge in [0, 0.05) is 57.3 Å². The molecule has 0 aliphatic carbocycles. The van der Waals surface area contributed by atoms with Crippen molar-refractivity contribution in [3.63, 3.8) is 0 Å². The number of rotatable bonds is 10. The molecular weight excluding hydrogens is 687 g/mol. The number of carbonyl (C=O) groups excluding carboxylic acids is 1. The monoisotopic (exact) mass is 727 g/mol. The van der Waals surface area contributed by atoms with Crippen molar-refractivity contribution in [1.82, 2.24) is 34.9 Å². The Balaban J connectivity index is 1.24. The van der Waals surface area contributed by atoms with E-state index in [-0.39, 0.29) is 48.7 Å². The summed E-state index contributed by atoms with van der Waals surface area (Å²) in [6, 6.07) is 33.2. The van der Waals surface area contributed by atoms with Crippen LogP contribution in [-0.4, -0.2) is 100 Å². The molecule has 2 saturated heterocycles. The fourth-order valence-corrected chi connectivity index (χ4v) is 7.65. The van der Waals surface area contributed by atoms with Crippen molar-refractivity contribution < 1.29 is 32.2 Å². The quantitative estimate of drug-likeness (QED) is 0.171. The molecule has 4 aromatic carbocycles. The predicted octanol–water partition coefficient (Wildman–Crippen LogP) is 6.04. The Morgan fingerprint density at radius 3 is 2.11 bits per heavy atom. The van der Waals surface area contributed by atoms with Gasteiger partial charge in [0.25, 0.3) is 5.82 Å². The molecule has 0 radical (unpaired) electrons. The first-order valence-electron chi connectivity index (χ1n) is 17.4. The van der Waals surface area contributed by atoms with Gasteiger partial charge in [-0.25, -0.2) is 4.79 Å². The summed E-state index contributed by atoms with van der Waals surface area (Å²) in [6.07, 6.45) is -5.17. The van der Waals surface area contributed by atoms with E-state index in [1.807, 2.05) is 66.7 Å². The van der Waals surface area contributed by atoms with Gasteiger partial charge in [0.15, 0.2) is 5.75 Å². The van der Waals surface area contributed by atoms with Crippen molar-refractivity contribution in [2.24, 2.45) is 0 Å². The minimum Gasteiger partial charge on any atom is -0.496 e. The average molecular weight is 728 g/mol. The van der Waals surface area contributed by atoms with Gasteiger partial charge < -0.3 is 19.1 Å². The van der Waals surface area contributed by atoms with Gasteiger partial charge in [0.05, 0.1) is 19.8 Å². The zero-order chi connectivity index (χ0) is 37.0. The minimum absolute atomic E-state index is 0.0232. The van der Waals surface area contributed by atoms with Crippen molar-refractivity contribution in [3.8, 4) is 17.2 Å². The molecular formula is C39H40F3N7O4. The fourth-order valence-electron chi connectivity index (χ4n) is 7.65. The minimum atomic E-state index is -4.79. The zero-order valence-electron chi connectivity index (χ0n) is 29.4. The third-order valence-electron chi connectivity index (χ3n) is 9.99. The van der Waals surface area contributed by atoms with E-state index in [1.54, 1.807) is 11.0 Å². The first-order valence-corrected chi connectivity index (χ1v) is 17.4. The maximum atomic E-state index is 13.9. The van der Waals surface area contributed by atoms with Gasteiger partial charge in [0.2, 0.25) is 0 Å². The molecule has 0 N–H and O–H groups in total. The van der Waals surface area contributed by atoms with E-state index in [0.717, 1.165) is 16.7 Å². The number of fused-ring (bicyclic) bond motifs is 1. The Bertz CT molecular complexity index is 1940. The topological polar surface area (TPSA) is 98.1 Å². The molecule has 2 aliphatic rings. The van der Waals surface area contributed by atoms with Crippen LogP contribution >= 0.6 is 0 Å². The summed E-state index contributed by atoms with van der Waals surface area (Å²) >= 11 is 0. The van der Waals surface area contributed by atoms with E-state index in [9.17, 15) is 18.0 Å². The van der Waals surface area contributed by atoms with E-state index in [4.69, 9.17) is 14.2 Å². The average Bonchev–Trinajstić information content (AvgIpc) is 3.69. The summed E-state index contributed by atoms with van der Waals surface area (Å²) in [5, 5.41) is 10.2. The normalized spacial score (nSPS) is 18.1. The molecule has 53 heavy (non-hydrogen) atoms. The van der Waals surface area contributed by atoms with Crippen LogP contribution in [0.2, 0.25) is 0 Å². The van der Waals surface area contributed by atoms with Crippen LogP contribution in [0, 0.1) is 0 Å². The molecule has 276 valence electrons. The Hall–Kier alpha value is -5.47. The van der Waals surface area contributed by atoms with E-state index in [0.29, 0.717) is 48.7 Å². The van der Waals surface area contributed by atoms with E-state index in [2.05, 4.69) is 49.6 Å². The Morgan fingerprint density at radius 2 is 1.49 bits per heavy atom. The molecule has 2 aliphatic heterocycles. The van der Waals surface area contributed by atoms with Crippen molar-refractivity contribution in [2.75, 3.05) is 46.9 Å². The smallest absolute Gasteiger partial charge is 0.453 e. The molecule has 2 atom stereocenters. The Kier molecular flexibility index (Phi) is 10.6. The van der Waals surface area contributed by atoms with Crippen molar-refractivity contribution in [2.45, 2.75) is 37.3 Å². The van der Waals surface area contributed by atoms with E-state index < -0.39 is 12.0 Å². The number of carbonyl (C=O) groups is 1. The maximum absolute atomic E-state index is 13.9. The number of tetrazole rings is 1. The van der Waals surface area contributed by atoms with Gasteiger partial charge in [-0.3, -0.25) is 9.80 Å². The lowest BCUT2D eigenvalue weighted by atomic mass is 9.81. The lowest BCUT2D eigenvalue weighted by Crippen LogP contribution is -2.67. The van der Waals surface area contributed by atoms with Crippen molar-refractivity contribution in [1.29, 1.82) is 0 Å². The maximum Gasteiger partial charge on any atom is 0.453 e. The number of aromatic nitrogens is 4. The summed E-state index contributed by atoms with van der Waals surface area (Å²) in [5.41, 5.74) is 3.81. The number of hydrogen-bond acceptors (Lipinski definition) is 9. The number of hydrogen-bond donors (Lipinski definition) is 0. The number of benzene rings is 4. The van der Waals surface area contributed by atoms with Gasteiger partial charge in [-0.05, 0) is 39.2 Å². The number of methoxy groups -OCH3 is 2. The third-order valence-corrected chi connectivity index (χ3v) is 9.99. The molecule has 0 unspecified atom stereocenters. The van der Waals surface area contributed by atoms with Gasteiger partial charge in [0.1, 0.15) is 18.0 Å². The molecule has 11 nitrogen and oxygen atoms in total. The van der Waals surface area contributed by atoms with Gasteiger partial charge in [-0.2, -0.15) is 17.9 Å². The van der Waals surface area contributed by atoms with Crippen LogP contribution in [0.1, 0.15) is 34.0 Å². The van der Waals surface area contributed by atoms with E-state index in [1.165, 1.54) is 20.3 Å². The first-order chi connectivity index (χ1) is 25.7. The van der Waals surface area contributed by atoms with Crippen LogP contribution < -0.4 is 9.47 Å². The van der Waals surface area contributed by atoms with Gasteiger partial charge in [-0.15, -0.1) is 5.10 Å². The summed E-state index contributed by atoms with van der Waals surface area (Å²) in [5.74, 6) is -0.678. The number of nitrogens with zero attached hydrogens (tertiary/aromatic N) is 7. The highest BCUT2D eigenvalue weighted by Crippen LogP contribution is 2.40. The predicted molar refractivity (Wildman–Crippen MR) is 190 cm³/mol. The second-order valence-corrected chi connectivity index (χ2v) is 13.1. The van der Waals surface area contributed by atoms with Gasteiger partial charge in [-0.1, -0.05) is 91.0 Å². The Morgan fingerprint density at radius 1 is 0.830 bits per heavy atom. The highest BCUT2D eigenvalue weighted by Gasteiger charge is 2.44. The SMILES string of the molecule is COc1ccc(-n2nnnc2C(F)(F)F)c(OC)c1CN1C[C@@H]2CN(C(=O)OCc3ccccc3)CCN2[C@H](C(c2ccccc2)c2ccccc2)C1. The molecule has 0 spiro atoms. The highest BCUT2D eigenvalue weighted by atomic mass is 19.4. The van der Waals surface area contributed by atoms with Gasteiger partial charge >= 0.3 is 12.3 Å². The molecule has 7 rings (SSSR count). The van der Waals surface area contributed by atoms with Crippen LogP contribution in [0.5, 0.6) is 11.5 Å². The number of alkyl halides is 3. The molecule has 1 amide bonds. The fraction of sp³-hybridized carbons (Fsp3) is 0.333. The number of piperazine rings is 2. The van der Waals surface area contributed by atoms with Crippen LogP contribution in [0.15, 0.2) is 103 Å². The molecule has 2 fully saturated rings. The first kappa shape index (κ1) is 35.9. The summed E-state index contributed by atoms with van der Waals surface area (Å²) in [6.45, 7) is 3.21. The largest absolute Gasteiger partial charge is 0.496 e. The van der Waals surface area contributed by atoms with Crippen molar-refractivity contribution >= 4 is 6.09 Å². The number of ether oxygens (including phenoxy) is 3. The van der Waals surface area contributed by atoms with Crippen molar-refractivity contribution in [3.05, 3.63) is 131 Å². The number of halogens is 3. The van der Waals surface area contributed by atoms with Crippen LogP contribution in [0.3, 0.4) is 0 Å². The summed E-state index contributed by atoms with van der Waals surface area (Å²) in [7, 11) is 2.92. The van der Waals surface area contributed by atoms with Crippen LogP contribution in [-0.2, 0) is 24.1 Å².